The summed E-state index contributed by atoms with van der Waals surface area (Å²) in [6.07, 6.45) is 0.0989. The highest BCUT2D eigenvalue weighted by Crippen LogP contribution is 2.17. The van der Waals surface area contributed by atoms with Gasteiger partial charge in [0.1, 0.15) is 0 Å². The molecule has 0 aliphatic rings. The molecule has 0 atom stereocenters. The summed E-state index contributed by atoms with van der Waals surface area (Å²) in [5, 5.41) is 11.3. The van der Waals surface area contributed by atoms with Crippen molar-refractivity contribution in [3.05, 3.63) is 28.5 Å². The van der Waals surface area contributed by atoms with Gasteiger partial charge in [0.25, 0.3) is 5.91 Å². The molecule has 20 heavy (non-hydrogen) atoms. The first-order valence-corrected chi connectivity index (χ1v) is 6.90. The van der Waals surface area contributed by atoms with Gasteiger partial charge in [-0.3, -0.25) is 20.0 Å². The van der Waals surface area contributed by atoms with Gasteiger partial charge < -0.3 is 4.74 Å². The number of hydrogen-bond acceptors (Lipinski definition) is 6. The van der Waals surface area contributed by atoms with Crippen LogP contribution in [0.2, 0.25) is 0 Å². The summed E-state index contributed by atoms with van der Waals surface area (Å²) in [6, 6.07) is 1.64. The van der Waals surface area contributed by atoms with Gasteiger partial charge in [0.05, 0.1) is 18.7 Å². The molecule has 2 aromatic heterocycles. The number of rotatable bonds is 5. The fourth-order valence-corrected chi connectivity index (χ4v) is 2.21. The van der Waals surface area contributed by atoms with Gasteiger partial charge in [-0.1, -0.05) is 0 Å². The van der Waals surface area contributed by atoms with Gasteiger partial charge in [-0.15, -0.1) is 11.3 Å². The summed E-state index contributed by atoms with van der Waals surface area (Å²) in [5.41, 5.74) is 1.67. The first-order chi connectivity index (χ1) is 9.58. The van der Waals surface area contributed by atoms with E-state index in [1.165, 1.54) is 11.3 Å². The molecule has 7 nitrogen and oxygen atoms in total. The van der Waals surface area contributed by atoms with E-state index in [2.05, 4.69) is 20.5 Å². The Hall–Kier alpha value is -2.22. The second-order valence-corrected chi connectivity index (χ2v) is 4.87. The number of esters is 1. The van der Waals surface area contributed by atoms with Gasteiger partial charge in [0, 0.05) is 11.1 Å². The second-order valence-electron chi connectivity index (χ2n) is 4.02. The molecule has 0 spiro atoms. The monoisotopic (exact) mass is 294 g/mol. The number of H-pyrrole nitrogens is 1. The maximum atomic E-state index is 11.8. The van der Waals surface area contributed by atoms with Crippen molar-refractivity contribution in [1.82, 2.24) is 15.2 Å². The van der Waals surface area contributed by atoms with Gasteiger partial charge in [0.2, 0.25) is 0 Å². The van der Waals surface area contributed by atoms with Crippen LogP contribution in [-0.4, -0.2) is 33.7 Å². The van der Waals surface area contributed by atoms with E-state index >= 15 is 0 Å². The van der Waals surface area contributed by atoms with Crippen LogP contribution in [0.15, 0.2) is 11.4 Å². The molecular weight excluding hydrogens is 280 g/mol. The summed E-state index contributed by atoms with van der Waals surface area (Å²) in [4.78, 5) is 27.3. The Balaban J connectivity index is 1.95. The molecule has 2 heterocycles. The van der Waals surface area contributed by atoms with Crippen LogP contribution in [0.4, 0.5) is 5.13 Å². The third-order valence-corrected chi connectivity index (χ3v) is 3.15. The highest BCUT2D eigenvalue weighted by Gasteiger charge is 2.13. The van der Waals surface area contributed by atoms with E-state index in [4.69, 9.17) is 4.74 Å². The molecule has 2 rings (SSSR count). The van der Waals surface area contributed by atoms with E-state index in [-0.39, 0.29) is 18.3 Å². The number of carbonyl (C=O) groups excluding carboxylic acids is 2. The van der Waals surface area contributed by atoms with Crippen molar-refractivity contribution < 1.29 is 14.3 Å². The fraction of sp³-hybridized carbons (Fsp3) is 0.333. The molecular formula is C12H14N4O3S. The van der Waals surface area contributed by atoms with Crippen molar-refractivity contribution in [2.75, 3.05) is 11.9 Å². The molecule has 1 amide bonds. The predicted octanol–water partition coefficient (Wildman–Crippen LogP) is 1.53. The van der Waals surface area contributed by atoms with Crippen LogP contribution in [0.1, 0.15) is 28.8 Å². The van der Waals surface area contributed by atoms with E-state index in [0.717, 1.165) is 5.69 Å². The van der Waals surface area contributed by atoms with Crippen molar-refractivity contribution in [3.63, 3.8) is 0 Å². The van der Waals surface area contributed by atoms with Gasteiger partial charge in [-0.05, 0) is 19.9 Å². The van der Waals surface area contributed by atoms with Crippen molar-refractivity contribution in [1.29, 1.82) is 0 Å². The van der Waals surface area contributed by atoms with Crippen LogP contribution in [0.5, 0.6) is 0 Å². The van der Waals surface area contributed by atoms with Gasteiger partial charge in [0.15, 0.2) is 10.8 Å². The largest absolute Gasteiger partial charge is 0.466 e. The first-order valence-electron chi connectivity index (χ1n) is 6.02. The van der Waals surface area contributed by atoms with Crippen molar-refractivity contribution >= 4 is 28.3 Å². The second kappa shape index (κ2) is 6.29. The standard InChI is InChI=1S/C12H14N4O3S/c1-3-19-10(17)5-8-6-20-12(13-8)14-11(18)9-4-7(2)15-16-9/h4,6H,3,5H2,1-2H3,(H,15,16)(H,13,14,18). The number of carbonyl (C=O) groups is 2. The van der Waals surface area contributed by atoms with E-state index in [1.54, 1.807) is 18.4 Å². The highest BCUT2D eigenvalue weighted by atomic mass is 32.1. The lowest BCUT2D eigenvalue weighted by Gasteiger charge is -1.99. The van der Waals surface area contributed by atoms with Crippen molar-refractivity contribution in [2.45, 2.75) is 20.3 Å². The summed E-state index contributed by atoms with van der Waals surface area (Å²) in [6.45, 7) is 3.89. The first kappa shape index (κ1) is 14.2. The molecule has 0 aromatic carbocycles. The van der Waals surface area contributed by atoms with Crippen LogP contribution in [0.3, 0.4) is 0 Å². The summed E-state index contributed by atoms with van der Waals surface area (Å²) in [5.74, 6) is -0.676. The lowest BCUT2D eigenvalue weighted by Crippen LogP contribution is -2.12. The zero-order valence-corrected chi connectivity index (χ0v) is 11.9. The van der Waals surface area contributed by atoms with E-state index < -0.39 is 0 Å². The maximum Gasteiger partial charge on any atom is 0.311 e. The van der Waals surface area contributed by atoms with E-state index in [9.17, 15) is 9.59 Å². The highest BCUT2D eigenvalue weighted by molar-refractivity contribution is 7.14. The molecule has 8 heteroatoms. The van der Waals surface area contributed by atoms with Gasteiger partial charge in [-0.25, -0.2) is 4.98 Å². The average Bonchev–Trinajstić information content (AvgIpc) is 2.99. The number of aromatic amines is 1. The Kier molecular flexibility index (Phi) is 4.46. The van der Waals surface area contributed by atoms with Crippen LogP contribution < -0.4 is 5.32 Å². The predicted molar refractivity (Wildman–Crippen MR) is 73.7 cm³/mol. The fourth-order valence-electron chi connectivity index (χ4n) is 1.50. The Bertz CT molecular complexity index is 620. The van der Waals surface area contributed by atoms with Crippen LogP contribution in [-0.2, 0) is 16.0 Å². The Morgan fingerprint density at radius 3 is 2.95 bits per heavy atom. The minimum atomic E-state index is -0.341. The maximum absolute atomic E-state index is 11.8. The van der Waals surface area contributed by atoms with Crippen LogP contribution >= 0.6 is 11.3 Å². The topological polar surface area (TPSA) is 97.0 Å². The van der Waals surface area contributed by atoms with Gasteiger partial charge >= 0.3 is 5.97 Å². The summed E-state index contributed by atoms with van der Waals surface area (Å²) >= 11 is 1.25. The molecule has 106 valence electrons. The number of nitrogens with one attached hydrogen (secondary N) is 2. The number of hydrogen-bond donors (Lipinski definition) is 2. The molecule has 2 N–H and O–H groups in total. The Morgan fingerprint density at radius 2 is 2.30 bits per heavy atom. The number of amides is 1. The average molecular weight is 294 g/mol. The molecule has 0 bridgehead atoms. The summed E-state index contributed by atoms with van der Waals surface area (Å²) < 4.78 is 4.83. The lowest BCUT2D eigenvalue weighted by atomic mass is 10.3. The number of nitrogens with zero attached hydrogens (tertiary/aromatic N) is 2. The molecule has 0 saturated carbocycles. The van der Waals surface area contributed by atoms with Gasteiger partial charge in [-0.2, -0.15) is 5.10 Å². The number of aryl methyl sites for hydroxylation is 1. The van der Waals surface area contributed by atoms with E-state index in [1.807, 2.05) is 6.92 Å². The van der Waals surface area contributed by atoms with Crippen LogP contribution in [0, 0.1) is 6.92 Å². The third kappa shape index (κ3) is 3.64. The molecule has 0 radical (unpaired) electrons. The number of thiazole rings is 1. The smallest absolute Gasteiger partial charge is 0.311 e. The SMILES string of the molecule is CCOC(=O)Cc1csc(NC(=O)c2cc(C)[nH]n2)n1. The Labute approximate surface area is 119 Å². The molecule has 0 unspecified atom stereocenters. The van der Waals surface area contributed by atoms with E-state index in [0.29, 0.717) is 23.1 Å². The normalized spacial score (nSPS) is 10.3. The minimum Gasteiger partial charge on any atom is -0.466 e. The number of anilines is 1. The van der Waals surface area contributed by atoms with Crippen molar-refractivity contribution in [3.8, 4) is 0 Å². The molecule has 0 aliphatic carbocycles. The summed E-state index contributed by atoms with van der Waals surface area (Å²) in [7, 11) is 0. The zero-order valence-electron chi connectivity index (χ0n) is 11.1. The molecule has 2 aromatic rings. The van der Waals surface area contributed by atoms with Crippen LogP contribution in [0.25, 0.3) is 0 Å². The molecule has 0 aliphatic heterocycles. The number of ether oxygens (including phenoxy) is 1. The van der Waals surface area contributed by atoms with Crippen molar-refractivity contribution in [2.24, 2.45) is 0 Å². The third-order valence-electron chi connectivity index (χ3n) is 2.34. The molecule has 0 fully saturated rings. The number of aromatic nitrogens is 3. The quantitative estimate of drug-likeness (QED) is 0.815. The molecule has 0 saturated heterocycles. The minimum absolute atomic E-state index is 0.0989. The zero-order chi connectivity index (χ0) is 14.5. The Morgan fingerprint density at radius 1 is 1.50 bits per heavy atom. The lowest BCUT2D eigenvalue weighted by molar-refractivity contribution is -0.142.